The first-order chi connectivity index (χ1) is 9.81. The van der Waals surface area contributed by atoms with Gasteiger partial charge in [0.05, 0.1) is 5.92 Å². The number of aliphatic carboxylic acids is 1. The summed E-state index contributed by atoms with van der Waals surface area (Å²) in [5.74, 6) is -1.12. The second kappa shape index (κ2) is 6.05. The van der Waals surface area contributed by atoms with Crippen LogP contribution in [0.25, 0.3) is 0 Å². The maximum atomic E-state index is 12.1. The van der Waals surface area contributed by atoms with Crippen molar-refractivity contribution in [3.05, 3.63) is 22.4 Å². The summed E-state index contributed by atoms with van der Waals surface area (Å²) >= 11 is 1.69. The van der Waals surface area contributed by atoms with Crippen LogP contribution in [0.5, 0.6) is 0 Å². The van der Waals surface area contributed by atoms with E-state index in [0.29, 0.717) is 19.6 Å². The van der Waals surface area contributed by atoms with Crippen molar-refractivity contribution in [2.45, 2.75) is 26.2 Å². The Kier molecular flexibility index (Phi) is 4.56. The average Bonchev–Trinajstić information content (AvgIpc) is 2.89. The first-order valence-electron chi connectivity index (χ1n) is 7.11. The fourth-order valence-corrected chi connectivity index (χ4v) is 3.21. The third kappa shape index (κ3) is 3.56. The predicted molar refractivity (Wildman–Crippen MR) is 82.6 cm³/mol. The van der Waals surface area contributed by atoms with Crippen LogP contribution < -0.4 is 5.32 Å². The Labute approximate surface area is 129 Å². The molecule has 1 aliphatic rings. The zero-order valence-electron chi connectivity index (χ0n) is 12.6. The number of thiophene rings is 1. The van der Waals surface area contributed by atoms with Crippen LogP contribution in [0.4, 0.5) is 4.79 Å². The molecular weight excluding hydrogens is 288 g/mol. The summed E-state index contributed by atoms with van der Waals surface area (Å²) in [4.78, 5) is 25.8. The zero-order valence-corrected chi connectivity index (χ0v) is 13.4. The summed E-state index contributed by atoms with van der Waals surface area (Å²) in [7, 11) is 0. The van der Waals surface area contributed by atoms with E-state index in [0.717, 1.165) is 0 Å². The lowest BCUT2D eigenvalue weighted by Gasteiger charge is -2.41. The Morgan fingerprint density at radius 2 is 2.19 bits per heavy atom. The summed E-state index contributed by atoms with van der Waals surface area (Å²) in [5.41, 5.74) is -0.0948. The van der Waals surface area contributed by atoms with Gasteiger partial charge in [-0.2, -0.15) is 0 Å². The van der Waals surface area contributed by atoms with Crippen LogP contribution in [0.15, 0.2) is 17.5 Å². The highest BCUT2D eigenvalue weighted by molar-refractivity contribution is 7.10. The van der Waals surface area contributed by atoms with E-state index in [9.17, 15) is 9.59 Å². The molecule has 1 saturated heterocycles. The molecule has 0 radical (unpaired) electrons. The highest BCUT2D eigenvalue weighted by atomic mass is 32.1. The van der Waals surface area contributed by atoms with E-state index in [1.165, 1.54) is 4.88 Å². The number of likely N-dealkylation sites (tertiary alicyclic amines) is 1. The van der Waals surface area contributed by atoms with Gasteiger partial charge < -0.3 is 15.3 Å². The molecule has 1 aliphatic heterocycles. The molecule has 21 heavy (non-hydrogen) atoms. The Morgan fingerprint density at radius 1 is 1.52 bits per heavy atom. The van der Waals surface area contributed by atoms with Gasteiger partial charge in [0.1, 0.15) is 0 Å². The lowest BCUT2D eigenvalue weighted by molar-refractivity contribution is -0.144. The number of carbonyl (C=O) groups excluding carboxylic acids is 1. The standard InChI is InChI=1S/C15H22N2O3S/c1-10(13(18)19)11-7-17(8-11)14(20)16-9-15(2,3)12-5-4-6-21-12/h4-6,10-11H,7-9H2,1-3H3,(H,16,20)(H,18,19). The minimum atomic E-state index is -0.793. The summed E-state index contributed by atoms with van der Waals surface area (Å²) in [6.45, 7) is 7.52. The number of amides is 2. The molecule has 6 heteroatoms. The van der Waals surface area contributed by atoms with E-state index in [2.05, 4.69) is 25.2 Å². The zero-order chi connectivity index (χ0) is 15.6. The van der Waals surface area contributed by atoms with Crippen LogP contribution in [-0.2, 0) is 10.2 Å². The molecule has 1 atom stereocenters. The molecular formula is C15H22N2O3S. The Hall–Kier alpha value is -1.56. The van der Waals surface area contributed by atoms with Crippen LogP contribution in [0.1, 0.15) is 25.6 Å². The van der Waals surface area contributed by atoms with Crippen molar-refractivity contribution < 1.29 is 14.7 Å². The Morgan fingerprint density at radius 3 is 2.71 bits per heavy atom. The maximum Gasteiger partial charge on any atom is 0.317 e. The second-order valence-corrected chi connectivity index (χ2v) is 7.26. The number of carboxylic acid groups (broad SMARTS) is 1. The molecule has 1 unspecified atom stereocenters. The minimum absolute atomic E-state index is 0.0681. The molecule has 2 rings (SSSR count). The summed E-state index contributed by atoms with van der Waals surface area (Å²) in [6.07, 6.45) is 0. The molecule has 0 spiro atoms. The molecule has 1 aromatic heterocycles. The van der Waals surface area contributed by atoms with E-state index in [-0.39, 0.29) is 17.4 Å². The fraction of sp³-hybridized carbons (Fsp3) is 0.600. The van der Waals surface area contributed by atoms with E-state index < -0.39 is 11.9 Å². The van der Waals surface area contributed by atoms with Gasteiger partial charge in [-0.05, 0) is 11.4 Å². The largest absolute Gasteiger partial charge is 0.481 e. The van der Waals surface area contributed by atoms with Crippen molar-refractivity contribution in [3.8, 4) is 0 Å². The molecule has 1 fully saturated rings. The van der Waals surface area contributed by atoms with Crippen molar-refractivity contribution in [1.29, 1.82) is 0 Å². The lowest BCUT2D eigenvalue weighted by Crippen LogP contribution is -2.57. The van der Waals surface area contributed by atoms with Gasteiger partial charge in [-0.1, -0.05) is 26.8 Å². The van der Waals surface area contributed by atoms with E-state index in [1.54, 1.807) is 23.2 Å². The molecule has 1 aromatic rings. The van der Waals surface area contributed by atoms with Crippen LogP contribution in [0, 0.1) is 11.8 Å². The van der Waals surface area contributed by atoms with Gasteiger partial charge in [-0.25, -0.2) is 4.79 Å². The monoisotopic (exact) mass is 310 g/mol. The molecule has 116 valence electrons. The molecule has 0 aromatic carbocycles. The number of carboxylic acids is 1. The topological polar surface area (TPSA) is 69.6 Å². The number of rotatable bonds is 5. The van der Waals surface area contributed by atoms with Crippen LogP contribution in [-0.4, -0.2) is 41.6 Å². The SMILES string of the molecule is CC(C(=O)O)C1CN(C(=O)NCC(C)(C)c2cccs2)C1. The highest BCUT2D eigenvalue weighted by Crippen LogP contribution is 2.27. The fourth-order valence-electron chi connectivity index (χ4n) is 2.36. The number of hydrogen-bond donors (Lipinski definition) is 2. The van der Waals surface area contributed by atoms with Crippen molar-refractivity contribution in [1.82, 2.24) is 10.2 Å². The van der Waals surface area contributed by atoms with Gasteiger partial charge in [0.25, 0.3) is 0 Å². The third-order valence-corrected chi connectivity index (χ3v) is 5.40. The Balaban J connectivity index is 1.78. The number of nitrogens with zero attached hydrogens (tertiary/aromatic N) is 1. The quantitative estimate of drug-likeness (QED) is 0.877. The smallest absolute Gasteiger partial charge is 0.317 e. The van der Waals surface area contributed by atoms with Crippen LogP contribution in [0.3, 0.4) is 0 Å². The van der Waals surface area contributed by atoms with E-state index >= 15 is 0 Å². The number of urea groups is 1. The van der Waals surface area contributed by atoms with Gasteiger partial charge in [-0.15, -0.1) is 11.3 Å². The van der Waals surface area contributed by atoms with Crippen molar-refractivity contribution in [3.63, 3.8) is 0 Å². The van der Waals surface area contributed by atoms with Gasteiger partial charge in [0, 0.05) is 35.8 Å². The predicted octanol–water partition coefficient (Wildman–Crippen LogP) is 2.39. The van der Waals surface area contributed by atoms with Crippen molar-refractivity contribution in [2.24, 2.45) is 11.8 Å². The van der Waals surface area contributed by atoms with Crippen molar-refractivity contribution in [2.75, 3.05) is 19.6 Å². The lowest BCUT2D eigenvalue weighted by atomic mass is 9.87. The van der Waals surface area contributed by atoms with Crippen LogP contribution in [0.2, 0.25) is 0 Å². The summed E-state index contributed by atoms with van der Waals surface area (Å²) in [5, 5.41) is 13.9. The van der Waals surface area contributed by atoms with Gasteiger partial charge in [-0.3, -0.25) is 4.79 Å². The first-order valence-corrected chi connectivity index (χ1v) is 7.99. The third-order valence-electron chi connectivity index (χ3n) is 4.16. The number of carbonyl (C=O) groups is 2. The van der Waals surface area contributed by atoms with E-state index in [1.807, 2.05) is 11.4 Å². The number of nitrogens with one attached hydrogen (secondary N) is 1. The molecule has 0 saturated carbocycles. The molecule has 2 N–H and O–H groups in total. The molecule has 5 nitrogen and oxygen atoms in total. The maximum absolute atomic E-state index is 12.1. The average molecular weight is 310 g/mol. The van der Waals surface area contributed by atoms with Crippen molar-refractivity contribution >= 4 is 23.3 Å². The number of hydrogen-bond acceptors (Lipinski definition) is 3. The molecule has 0 bridgehead atoms. The minimum Gasteiger partial charge on any atom is -0.481 e. The van der Waals surface area contributed by atoms with Gasteiger partial charge >= 0.3 is 12.0 Å². The van der Waals surface area contributed by atoms with Gasteiger partial charge in [0.2, 0.25) is 0 Å². The highest BCUT2D eigenvalue weighted by Gasteiger charge is 2.37. The normalized spacial score (nSPS) is 17.2. The summed E-state index contributed by atoms with van der Waals surface area (Å²) < 4.78 is 0. The summed E-state index contributed by atoms with van der Waals surface area (Å²) in [6, 6.07) is 3.98. The molecule has 0 aliphatic carbocycles. The molecule has 2 heterocycles. The Bertz CT molecular complexity index is 507. The van der Waals surface area contributed by atoms with Gasteiger partial charge in [0.15, 0.2) is 0 Å². The van der Waals surface area contributed by atoms with Crippen LogP contribution >= 0.6 is 11.3 Å². The first kappa shape index (κ1) is 15.8. The van der Waals surface area contributed by atoms with E-state index in [4.69, 9.17) is 5.11 Å². The second-order valence-electron chi connectivity index (χ2n) is 6.31. The molecule has 2 amide bonds.